The first-order valence-corrected chi connectivity index (χ1v) is 10.4. The van der Waals surface area contributed by atoms with Crippen LogP contribution in [0.5, 0.6) is 11.5 Å². The van der Waals surface area contributed by atoms with Crippen LogP contribution >= 0.6 is 0 Å². The Kier molecular flexibility index (Phi) is 7.33. The van der Waals surface area contributed by atoms with Gasteiger partial charge in [0, 0.05) is 36.2 Å². The molecule has 2 aromatic rings. The van der Waals surface area contributed by atoms with Crippen LogP contribution in [-0.2, 0) is 0 Å². The Labute approximate surface area is 178 Å². The van der Waals surface area contributed by atoms with Crippen molar-refractivity contribution >= 4 is 11.8 Å². The summed E-state index contributed by atoms with van der Waals surface area (Å²) in [6.45, 7) is 5.86. The van der Waals surface area contributed by atoms with E-state index in [-0.39, 0.29) is 23.8 Å². The molecule has 0 aromatic heterocycles. The average molecular weight is 411 g/mol. The number of ether oxygens (including phenoxy) is 2. The van der Waals surface area contributed by atoms with Crippen molar-refractivity contribution in [3.05, 3.63) is 59.7 Å². The highest BCUT2D eigenvalue weighted by molar-refractivity contribution is 5.95. The average Bonchev–Trinajstić information content (AvgIpc) is 2.77. The quantitative estimate of drug-likeness (QED) is 0.755. The number of hydrogen-bond acceptors (Lipinski definition) is 4. The Morgan fingerprint density at radius 2 is 1.67 bits per heavy atom. The largest absolute Gasteiger partial charge is 0.497 e. The van der Waals surface area contributed by atoms with Gasteiger partial charge in [-0.2, -0.15) is 0 Å². The predicted molar refractivity (Wildman–Crippen MR) is 116 cm³/mol. The summed E-state index contributed by atoms with van der Waals surface area (Å²) in [5, 5.41) is 2.87. The van der Waals surface area contributed by atoms with Crippen LogP contribution in [0.4, 0.5) is 0 Å². The lowest BCUT2D eigenvalue weighted by Crippen LogP contribution is -2.41. The molecule has 0 saturated carbocycles. The van der Waals surface area contributed by atoms with Gasteiger partial charge in [-0.25, -0.2) is 0 Å². The number of hydrogen-bond donors (Lipinski definition) is 1. The number of piperidine rings is 1. The van der Waals surface area contributed by atoms with Crippen LogP contribution in [0.15, 0.2) is 48.5 Å². The molecule has 1 fully saturated rings. The SMILES string of the molecule is COc1ccc(C(=O)N2CCCC(COc3ccc(C(=O)NC(C)C)cc3)C2)cc1. The van der Waals surface area contributed by atoms with Crippen molar-refractivity contribution in [1.29, 1.82) is 0 Å². The number of likely N-dealkylation sites (tertiary alicyclic amines) is 1. The van der Waals surface area contributed by atoms with Gasteiger partial charge in [0.25, 0.3) is 11.8 Å². The first-order valence-electron chi connectivity index (χ1n) is 10.4. The first kappa shape index (κ1) is 21.7. The van der Waals surface area contributed by atoms with Crippen molar-refractivity contribution < 1.29 is 19.1 Å². The van der Waals surface area contributed by atoms with Gasteiger partial charge in [-0.05, 0) is 75.2 Å². The lowest BCUT2D eigenvalue weighted by Gasteiger charge is -2.32. The highest BCUT2D eigenvalue weighted by Gasteiger charge is 2.25. The summed E-state index contributed by atoms with van der Waals surface area (Å²) in [6.07, 6.45) is 1.99. The van der Waals surface area contributed by atoms with Gasteiger partial charge in [0.2, 0.25) is 0 Å². The number of amides is 2. The topological polar surface area (TPSA) is 67.9 Å². The summed E-state index contributed by atoms with van der Waals surface area (Å²) in [7, 11) is 1.61. The molecular weight excluding hydrogens is 380 g/mol. The second-order valence-corrected chi connectivity index (χ2v) is 7.95. The highest BCUT2D eigenvalue weighted by atomic mass is 16.5. The van der Waals surface area contributed by atoms with Crippen LogP contribution in [0.1, 0.15) is 47.4 Å². The minimum Gasteiger partial charge on any atom is -0.497 e. The summed E-state index contributed by atoms with van der Waals surface area (Å²) in [6, 6.07) is 14.5. The van der Waals surface area contributed by atoms with E-state index in [2.05, 4.69) is 5.32 Å². The van der Waals surface area contributed by atoms with Gasteiger partial charge >= 0.3 is 0 Å². The molecule has 160 valence electrons. The molecule has 0 bridgehead atoms. The maximum atomic E-state index is 12.8. The smallest absolute Gasteiger partial charge is 0.253 e. The minimum atomic E-state index is -0.0866. The van der Waals surface area contributed by atoms with Crippen LogP contribution in [0.2, 0.25) is 0 Å². The van der Waals surface area contributed by atoms with Crippen molar-refractivity contribution in [2.24, 2.45) is 5.92 Å². The van der Waals surface area contributed by atoms with Crippen molar-refractivity contribution in [3.8, 4) is 11.5 Å². The van der Waals surface area contributed by atoms with Crippen LogP contribution in [0.3, 0.4) is 0 Å². The molecule has 6 heteroatoms. The fourth-order valence-corrected chi connectivity index (χ4v) is 3.56. The summed E-state index contributed by atoms with van der Waals surface area (Å²) < 4.78 is 11.1. The Hall–Kier alpha value is -3.02. The molecule has 0 spiro atoms. The van der Waals surface area contributed by atoms with Gasteiger partial charge in [-0.1, -0.05) is 0 Å². The normalized spacial score (nSPS) is 16.3. The number of nitrogens with one attached hydrogen (secondary N) is 1. The molecule has 30 heavy (non-hydrogen) atoms. The molecule has 1 aliphatic rings. The minimum absolute atomic E-state index is 0.0443. The maximum Gasteiger partial charge on any atom is 0.253 e. The Morgan fingerprint density at radius 1 is 1.03 bits per heavy atom. The third-order valence-electron chi connectivity index (χ3n) is 5.17. The van der Waals surface area contributed by atoms with Gasteiger partial charge in [0.1, 0.15) is 11.5 Å². The zero-order chi connectivity index (χ0) is 21.5. The van der Waals surface area contributed by atoms with Crippen molar-refractivity contribution in [2.45, 2.75) is 32.7 Å². The van der Waals surface area contributed by atoms with Crippen LogP contribution in [-0.4, -0.2) is 49.6 Å². The summed E-state index contributed by atoms with van der Waals surface area (Å²) in [5.74, 6) is 1.71. The number of rotatable bonds is 7. The van der Waals surface area contributed by atoms with E-state index in [1.165, 1.54) is 0 Å². The Morgan fingerprint density at radius 3 is 2.30 bits per heavy atom. The first-order chi connectivity index (χ1) is 14.5. The van der Waals surface area contributed by atoms with Crippen LogP contribution < -0.4 is 14.8 Å². The molecule has 1 unspecified atom stereocenters. The molecule has 3 rings (SSSR count). The molecule has 1 N–H and O–H groups in total. The van der Waals surface area contributed by atoms with Gasteiger partial charge in [-0.3, -0.25) is 9.59 Å². The second kappa shape index (κ2) is 10.1. The molecule has 6 nitrogen and oxygen atoms in total. The van der Waals surface area contributed by atoms with Crippen LogP contribution in [0, 0.1) is 5.92 Å². The van der Waals surface area contributed by atoms with Gasteiger partial charge in [-0.15, -0.1) is 0 Å². The third kappa shape index (κ3) is 5.75. The zero-order valence-electron chi connectivity index (χ0n) is 17.9. The van der Waals surface area contributed by atoms with E-state index in [9.17, 15) is 9.59 Å². The number of methoxy groups -OCH3 is 1. The molecule has 0 aliphatic carbocycles. The van der Waals surface area contributed by atoms with Crippen molar-refractivity contribution in [2.75, 3.05) is 26.8 Å². The van der Waals surface area contributed by atoms with Gasteiger partial charge in [0.05, 0.1) is 13.7 Å². The standard InChI is InChI=1S/C24H30N2O4/c1-17(2)25-23(27)19-6-12-22(13-7-19)30-16-18-5-4-14-26(15-18)24(28)20-8-10-21(29-3)11-9-20/h6-13,17-18H,4-5,14-16H2,1-3H3,(H,25,27). The monoisotopic (exact) mass is 410 g/mol. The molecule has 0 radical (unpaired) electrons. The number of benzene rings is 2. The van der Waals surface area contributed by atoms with E-state index in [1.807, 2.05) is 43.0 Å². The highest BCUT2D eigenvalue weighted by Crippen LogP contribution is 2.22. The molecule has 1 heterocycles. The van der Waals surface area contributed by atoms with Crippen molar-refractivity contribution in [1.82, 2.24) is 10.2 Å². The lowest BCUT2D eigenvalue weighted by molar-refractivity contribution is 0.0633. The molecule has 1 saturated heterocycles. The predicted octanol–water partition coefficient (Wildman–Crippen LogP) is 3.76. The molecule has 1 aliphatic heterocycles. The van der Waals surface area contributed by atoms with Gasteiger partial charge < -0.3 is 19.7 Å². The van der Waals surface area contributed by atoms with E-state index in [1.54, 1.807) is 31.4 Å². The van der Waals surface area contributed by atoms with Crippen LogP contribution in [0.25, 0.3) is 0 Å². The lowest BCUT2D eigenvalue weighted by atomic mass is 9.98. The molecular formula is C24H30N2O4. The fourth-order valence-electron chi connectivity index (χ4n) is 3.56. The Bertz CT molecular complexity index is 847. The maximum absolute atomic E-state index is 12.8. The Balaban J connectivity index is 1.52. The molecule has 2 amide bonds. The molecule has 2 aromatic carbocycles. The van der Waals surface area contributed by atoms with E-state index in [0.717, 1.165) is 30.9 Å². The van der Waals surface area contributed by atoms with E-state index >= 15 is 0 Å². The second-order valence-electron chi connectivity index (χ2n) is 7.95. The molecule has 1 atom stereocenters. The van der Waals surface area contributed by atoms with Crippen molar-refractivity contribution in [3.63, 3.8) is 0 Å². The van der Waals surface area contributed by atoms with E-state index in [0.29, 0.717) is 24.3 Å². The summed E-state index contributed by atoms with van der Waals surface area (Å²) in [4.78, 5) is 26.7. The summed E-state index contributed by atoms with van der Waals surface area (Å²) >= 11 is 0. The zero-order valence-corrected chi connectivity index (χ0v) is 17.9. The van der Waals surface area contributed by atoms with Gasteiger partial charge in [0.15, 0.2) is 0 Å². The number of nitrogens with zero attached hydrogens (tertiary/aromatic N) is 1. The number of carbonyl (C=O) groups is 2. The fraction of sp³-hybridized carbons (Fsp3) is 0.417. The number of carbonyl (C=O) groups excluding carboxylic acids is 2. The van der Waals surface area contributed by atoms with E-state index in [4.69, 9.17) is 9.47 Å². The summed E-state index contributed by atoms with van der Waals surface area (Å²) in [5.41, 5.74) is 1.29. The third-order valence-corrected chi connectivity index (χ3v) is 5.17. The van der Waals surface area contributed by atoms with E-state index < -0.39 is 0 Å².